The molecule has 2 N–H and O–H groups in total. The van der Waals surface area contributed by atoms with Crippen molar-refractivity contribution in [1.29, 1.82) is 0 Å². The predicted octanol–water partition coefficient (Wildman–Crippen LogP) is 5.29. The maximum Gasteiger partial charge on any atom is 0.264 e. The van der Waals surface area contributed by atoms with Gasteiger partial charge in [-0.15, -0.1) is 0 Å². The third-order valence-electron chi connectivity index (χ3n) is 5.80. The molecular formula is C28H26ClN3O6S2. The summed E-state index contributed by atoms with van der Waals surface area (Å²) in [5.41, 5.74) is 1.79. The number of nitrogens with zero attached hydrogens (tertiary/aromatic N) is 1. The van der Waals surface area contributed by atoms with E-state index in [-0.39, 0.29) is 21.2 Å². The van der Waals surface area contributed by atoms with E-state index in [1.54, 1.807) is 36.4 Å². The van der Waals surface area contributed by atoms with Crippen molar-refractivity contribution in [3.05, 3.63) is 108 Å². The zero-order chi connectivity index (χ0) is 28.9. The number of methoxy groups -OCH3 is 1. The van der Waals surface area contributed by atoms with E-state index < -0.39 is 32.5 Å². The van der Waals surface area contributed by atoms with E-state index in [1.165, 1.54) is 67.8 Å². The number of nitrogens with one attached hydrogen (secondary N) is 2. The standard InChI is InChI=1S/C28H26ClN3O6S2/c1-20-3-15-27(16-4-20)40(36,37)32(24-11-5-21(29)6-12-24)19-28(33)30-22-9-17-26(18-10-22)39(34,35)31-23-7-13-25(38-2)14-8-23/h3-18,31H,19H2,1-2H3,(H,30,33). The number of carbonyl (C=O) groups excluding carboxylic acids is 1. The first-order valence-corrected chi connectivity index (χ1v) is 15.2. The monoisotopic (exact) mass is 599 g/mol. The Kier molecular flexibility index (Phi) is 8.67. The Bertz CT molecular complexity index is 1690. The minimum atomic E-state index is -4.10. The van der Waals surface area contributed by atoms with Crippen LogP contribution in [0.25, 0.3) is 0 Å². The van der Waals surface area contributed by atoms with Gasteiger partial charge in [-0.25, -0.2) is 16.8 Å². The van der Waals surface area contributed by atoms with Crippen LogP contribution in [0, 0.1) is 6.92 Å². The quantitative estimate of drug-likeness (QED) is 0.255. The molecule has 0 aliphatic heterocycles. The van der Waals surface area contributed by atoms with Crippen molar-refractivity contribution < 1.29 is 26.4 Å². The van der Waals surface area contributed by atoms with Crippen molar-refractivity contribution in [3.63, 3.8) is 0 Å². The van der Waals surface area contributed by atoms with Crippen LogP contribution in [0.4, 0.5) is 17.1 Å². The molecule has 12 heteroatoms. The summed E-state index contributed by atoms with van der Waals surface area (Å²) in [4.78, 5) is 13.0. The summed E-state index contributed by atoms with van der Waals surface area (Å²) < 4.78 is 61.1. The van der Waals surface area contributed by atoms with Gasteiger partial charge in [-0.2, -0.15) is 0 Å². The van der Waals surface area contributed by atoms with Crippen LogP contribution in [0.15, 0.2) is 107 Å². The van der Waals surface area contributed by atoms with E-state index in [2.05, 4.69) is 10.0 Å². The molecule has 0 radical (unpaired) electrons. The van der Waals surface area contributed by atoms with E-state index in [9.17, 15) is 21.6 Å². The number of halogens is 1. The van der Waals surface area contributed by atoms with Crippen molar-refractivity contribution in [2.75, 3.05) is 28.0 Å². The number of hydrogen-bond donors (Lipinski definition) is 2. The maximum absolute atomic E-state index is 13.5. The zero-order valence-electron chi connectivity index (χ0n) is 21.5. The Morgan fingerprint density at radius 2 is 1.32 bits per heavy atom. The van der Waals surface area contributed by atoms with Crippen molar-refractivity contribution >= 4 is 54.6 Å². The third kappa shape index (κ3) is 6.92. The third-order valence-corrected chi connectivity index (χ3v) is 9.24. The fraction of sp³-hybridized carbons (Fsp3) is 0.107. The topological polar surface area (TPSA) is 122 Å². The van der Waals surface area contributed by atoms with Gasteiger partial charge in [0, 0.05) is 16.4 Å². The molecule has 0 heterocycles. The fourth-order valence-electron chi connectivity index (χ4n) is 3.68. The van der Waals surface area contributed by atoms with Gasteiger partial charge in [0.2, 0.25) is 5.91 Å². The Morgan fingerprint density at radius 1 is 0.775 bits per heavy atom. The number of carbonyl (C=O) groups is 1. The molecular weight excluding hydrogens is 574 g/mol. The molecule has 4 rings (SSSR count). The molecule has 0 aromatic heterocycles. The molecule has 0 bridgehead atoms. The molecule has 1 amide bonds. The van der Waals surface area contributed by atoms with Crippen LogP contribution < -0.4 is 19.1 Å². The van der Waals surface area contributed by atoms with Crippen LogP contribution in [0.5, 0.6) is 5.75 Å². The lowest BCUT2D eigenvalue weighted by Gasteiger charge is -2.24. The highest BCUT2D eigenvalue weighted by molar-refractivity contribution is 7.93. The second kappa shape index (κ2) is 12.0. The first kappa shape index (κ1) is 28.9. The average Bonchev–Trinajstić information content (AvgIpc) is 2.93. The van der Waals surface area contributed by atoms with Crippen LogP contribution in [0.3, 0.4) is 0 Å². The summed E-state index contributed by atoms with van der Waals surface area (Å²) >= 11 is 5.98. The molecule has 0 aliphatic rings. The van der Waals surface area contributed by atoms with Crippen molar-refractivity contribution in [3.8, 4) is 5.75 Å². The van der Waals surface area contributed by atoms with Crippen LogP contribution in [-0.2, 0) is 24.8 Å². The van der Waals surface area contributed by atoms with Gasteiger partial charge in [-0.3, -0.25) is 13.8 Å². The van der Waals surface area contributed by atoms with Crippen molar-refractivity contribution in [1.82, 2.24) is 0 Å². The number of aryl methyl sites for hydroxylation is 1. The summed E-state index contributed by atoms with van der Waals surface area (Å²) in [5.74, 6) is -0.0399. The lowest BCUT2D eigenvalue weighted by molar-refractivity contribution is -0.114. The average molecular weight is 600 g/mol. The summed E-state index contributed by atoms with van der Waals surface area (Å²) in [7, 11) is -6.48. The number of benzene rings is 4. The highest BCUT2D eigenvalue weighted by Crippen LogP contribution is 2.26. The Balaban J connectivity index is 1.51. The minimum absolute atomic E-state index is 0.0222. The van der Waals surface area contributed by atoms with Gasteiger partial charge in [0.15, 0.2) is 0 Å². The molecule has 4 aromatic rings. The number of hydrogen-bond acceptors (Lipinski definition) is 6. The van der Waals surface area contributed by atoms with Crippen LogP contribution in [-0.4, -0.2) is 36.4 Å². The molecule has 208 valence electrons. The summed E-state index contributed by atoms with van der Waals surface area (Å²) in [6.07, 6.45) is 0. The summed E-state index contributed by atoms with van der Waals surface area (Å²) in [5, 5.41) is 3.04. The normalized spacial score (nSPS) is 11.5. The van der Waals surface area contributed by atoms with Crippen LogP contribution in [0.1, 0.15) is 5.56 Å². The number of rotatable bonds is 10. The van der Waals surface area contributed by atoms with E-state index in [0.717, 1.165) is 9.87 Å². The van der Waals surface area contributed by atoms with Crippen molar-refractivity contribution in [2.45, 2.75) is 16.7 Å². The summed E-state index contributed by atoms with van der Waals surface area (Å²) in [6.45, 7) is 1.31. The van der Waals surface area contributed by atoms with E-state index in [0.29, 0.717) is 16.5 Å². The molecule has 4 aromatic carbocycles. The van der Waals surface area contributed by atoms with E-state index >= 15 is 0 Å². The van der Waals surface area contributed by atoms with Gasteiger partial charge in [-0.05, 0) is 91.9 Å². The highest BCUT2D eigenvalue weighted by Gasteiger charge is 2.27. The molecule has 0 saturated carbocycles. The van der Waals surface area contributed by atoms with Gasteiger partial charge < -0.3 is 10.1 Å². The number of anilines is 3. The fourth-order valence-corrected chi connectivity index (χ4v) is 6.29. The molecule has 0 atom stereocenters. The number of ether oxygens (including phenoxy) is 1. The largest absolute Gasteiger partial charge is 0.497 e. The first-order chi connectivity index (χ1) is 19.0. The maximum atomic E-state index is 13.5. The lowest BCUT2D eigenvalue weighted by atomic mass is 10.2. The Morgan fingerprint density at radius 3 is 1.90 bits per heavy atom. The van der Waals surface area contributed by atoms with Gasteiger partial charge in [-0.1, -0.05) is 29.3 Å². The molecule has 40 heavy (non-hydrogen) atoms. The van der Waals surface area contributed by atoms with Crippen LogP contribution in [0.2, 0.25) is 5.02 Å². The Labute approximate surface area is 238 Å². The minimum Gasteiger partial charge on any atom is -0.497 e. The molecule has 0 aliphatic carbocycles. The van der Waals surface area contributed by atoms with Gasteiger partial charge in [0.1, 0.15) is 12.3 Å². The summed E-state index contributed by atoms with van der Waals surface area (Å²) in [6, 6.07) is 24.3. The highest BCUT2D eigenvalue weighted by atomic mass is 35.5. The second-order valence-electron chi connectivity index (χ2n) is 8.71. The molecule has 0 spiro atoms. The van der Waals surface area contributed by atoms with Crippen molar-refractivity contribution in [2.24, 2.45) is 0 Å². The van der Waals surface area contributed by atoms with Crippen LogP contribution >= 0.6 is 11.6 Å². The molecule has 0 unspecified atom stereocenters. The molecule has 9 nitrogen and oxygen atoms in total. The Hall–Kier alpha value is -4.06. The SMILES string of the molecule is COc1ccc(NS(=O)(=O)c2ccc(NC(=O)CN(c3ccc(Cl)cc3)S(=O)(=O)c3ccc(C)cc3)cc2)cc1. The second-order valence-corrected chi connectivity index (χ2v) is 12.7. The van der Waals surface area contributed by atoms with Gasteiger partial charge in [0.05, 0.1) is 22.6 Å². The van der Waals surface area contributed by atoms with E-state index in [1.807, 2.05) is 6.92 Å². The number of sulfonamides is 2. The van der Waals surface area contributed by atoms with Gasteiger partial charge >= 0.3 is 0 Å². The molecule has 0 fully saturated rings. The lowest BCUT2D eigenvalue weighted by Crippen LogP contribution is -2.38. The molecule has 0 saturated heterocycles. The number of amides is 1. The van der Waals surface area contributed by atoms with Gasteiger partial charge in [0.25, 0.3) is 20.0 Å². The first-order valence-electron chi connectivity index (χ1n) is 11.9. The zero-order valence-corrected chi connectivity index (χ0v) is 23.9. The van der Waals surface area contributed by atoms with E-state index in [4.69, 9.17) is 16.3 Å². The predicted molar refractivity (Wildman–Crippen MR) is 156 cm³/mol. The smallest absolute Gasteiger partial charge is 0.264 e.